The molecule has 74 valence electrons. The summed E-state index contributed by atoms with van der Waals surface area (Å²) in [5, 5.41) is 0. The lowest BCUT2D eigenvalue weighted by Crippen LogP contribution is -2.43. The minimum absolute atomic E-state index is 0.292. The molecule has 1 aliphatic heterocycles. The highest BCUT2D eigenvalue weighted by Gasteiger charge is 2.31. The Morgan fingerprint density at radius 3 is 2.92 bits per heavy atom. The number of hydrogen-bond donors (Lipinski definition) is 0. The van der Waals surface area contributed by atoms with E-state index in [1.807, 2.05) is 0 Å². The second kappa shape index (κ2) is 3.76. The Balaban J connectivity index is 1.76. The van der Waals surface area contributed by atoms with Gasteiger partial charge in [0.15, 0.2) is 0 Å². The van der Waals surface area contributed by atoms with Crippen LogP contribution >= 0.6 is 0 Å². The Labute approximate surface area is 79.0 Å². The van der Waals surface area contributed by atoms with Crippen LogP contribution < -0.4 is 0 Å². The molecule has 2 fully saturated rings. The molecule has 1 saturated heterocycles. The lowest BCUT2D eigenvalue weighted by Gasteiger charge is -2.30. The molecule has 3 nitrogen and oxygen atoms in total. The molecule has 1 heterocycles. The Morgan fingerprint density at radius 1 is 1.54 bits per heavy atom. The van der Waals surface area contributed by atoms with Crippen molar-refractivity contribution in [2.45, 2.75) is 25.9 Å². The normalized spacial score (nSPS) is 30.4. The van der Waals surface area contributed by atoms with E-state index in [1.165, 1.54) is 0 Å². The fourth-order valence-electron chi connectivity index (χ4n) is 1.79. The van der Waals surface area contributed by atoms with Crippen LogP contribution in [0.25, 0.3) is 0 Å². The van der Waals surface area contributed by atoms with Gasteiger partial charge in [0, 0.05) is 19.0 Å². The van der Waals surface area contributed by atoms with Gasteiger partial charge in [-0.15, -0.1) is 0 Å². The van der Waals surface area contributed by atoms with Gasteiger partial charge in [0.25, 0.3) is 0 Å². The van der Waals surface area contributed by atoms with Crippen LogP contribution in [0.1, 0.15) is 19.8 Å². The summed E-state index contributed by atoms with van der Waals surface area (Å²) in [5.41, 5.74) is 0. The molecule has 0 N–H and O–H groups in total. The summed E-state index contributed by atoms with van der Waals surface area (Å²) in [7, 11) is 0. The largest absolute Gasteiger partial charge is 0.376 e. The average Bonchev–Trinajstić information content (AvgIpc) is 2.85. The predicted molar refractivity (Wildman–Crippen MR) is 49.6 cm³/mol. The first-order valence-electron chi connectivity index (χ1n) is 5.12. The van der Waals surface area contributed by atoms with Crippen molar-refractivity contribution in [3.05, 3.63) is 0 Å². The van der Waals surface area contributed by atoms with Crippen LogP contribution in [-0.2, 0) is 9.53 Å². The highest BCUT2D eigenvalue weighted by Crippen LogP contribution is 2.30. The third kappa shape index (κ3) is 2.51. The summed E-state index contributed by atoms with van der Waals surface area (Å²) in [4.78, 5) is 13.7. The van der Waals surface area contributed by atoms with Gasteiger partial charge in [-0.2, -0.15) is 0 Å². The number of rotatable bonds is 3. The molecule has 0 bridgehead atoms. The second-order valence-corrected chi connectivity index (χ2v) is 4.16. The van der Waals surface area contributed by atoms with Crippen molar-refractivity contribution in [1.82, 2.24) is 4.90 Å². The first-order valence-corrected chi connectivity index (χ1v) is 5.12. The van der Waals surface area contributed by atoms with Crippen LogP contribution in [0.2, 0.25) is 0 Å². The van der Waals surface area contributed by atoms with E-state index in [-0.39, 0.29) is 0 Å². The molecule has 2 aliphatic rings. The molecule has 0 aromatic rings. The zero-order valence-corrected chi connectivity index (χ0v) is 8.16. The van der Waals surface area contributed by atoms with Crippen molar-refractivity contribution in [1.29, 1.82) is 0 Å². The average molecular weight is 183 g/mol. The Bertz CT molecular complexity index is 201. The summed E-state index contributed by atoms with van der Waals surface area (Å²) < 4.78 is 5.41. The van der Waals surface area contributed by atoms with Gasteiger partial charge in [-0.1, -0.05) is 0 Å². The summed E-state index contributed by atoms with van der Waals surface area (Å²) in [5.74, 6) is 0.840. The number of carbonyl (C=O) groups excluding carboxylic acids is 1. The molecule has 0 amide bonds. The van der Waals surface area contributed by atoms with Gasteiger partial charge in [0.2, 0.25) is 0 Å². The molecule has 3 heteroatoms. The maximum atomic E-state index is 11.5. The van der Waals surface area contributed by atoms with Gasteiger partial charge in [0.1, 0.15) is 5.78 Å². The van der Waals surface area contributed by atoms with Crippen LogP contribution in [0.3, 0.4) is 0 Å². The van der Waals surface area contributed by atoms with Crippen molar-refractivity contribution < 1.29 is 9.53 Å². The molecule has 0 spiro atoms. The van der Waals surface area contributed by atoms with Crippen molar-refractivity contribution in [3.63, 3.8) is 0 Å². The molecule has 1 unspecified atom stereocenters. The maximum absolute atomic E-state index is 11.5. The number of nitrogens with zero attached hydrogens (tertiary/aromatic N) is 1. The highest BCUT2D eigenvalue weighted by atomic mass is 16.5. The van der Waals surface area contributed by atoms with E-state index in [1.54, 1.807) is 0 Å². The monoisotopic (exact) mass is 183 g/mol. The van der Waals surface area contributed by atoms with E-state index in [2.05, 4.69) is 11.8 Å². The third-order valence-electron chi connectivity index (χ3n) is 2.74. The van der Waals surface area contributed by atoms with Crippen LogP contribution in [0.5, 0.6) is 0 Å². The zero-order valence-electron chi connectivity index (χ0n) is 8.16. The second-order valence-electron chi connectivity index (χ2n) is 4.16. The Kier molecular flexibility index (Phi) is 2.65. The number of ether oxygens (including phenoxy) is 1. The van der Waals surface area contributed by atoms with Crippen molar-refractivity contribution >= 4 is 5.78 Å². The van der Waals surface area contributed by atoms with Crippen molar-refractivity contribution in [3.8, 4) is 0 Å². The maximum Gasteiger partial charge on any atom is 0.149 e. The molecular formula is C10H17NO2. The SMILES string of the molecule is CC1CN(CC(=O)C2CC2)CCO1. The van der Waals surface area contributed by atoms with E-state index in [0.717, 1.165) is 32.5 Å². The molecule has 2 rings (SSSR count). The van der Waals surface area contributed by atoms with E-state index in [4.69, 9.17) is 4.74 Å². The number of morpholine rings is 1. The Hall–Kier alpha value is -0.410. The van der Waals surface area contributed by atoms with Gasteiger partial charge in [-0.3, -0.25) is 9.69 Å². The molecular weight excluding hydrogens is 166 g/mol. The molecule has 0 aromatic heterocycles. The number of carbonyl (C=O) groups is 1. The smallest absolute Gasteiger partial charge is 0.149 e. The van der Waals surface area contributed by atoms with Crippen LogP contribution in [0.15, 0.2) is 0 Å². The quantitative estimate of drug-likeness (QED) is 0.644. The zero-order chi connectivity index (χ0) is 9.26. The third-order valence-corrected chi connectivity index (χ3v) is 2.74. The minimum atomic E-state index is 0.292. The van der Waals surface area contributed by atoms with Crippen molar-refractivity contribution in [2.24, 2.45) is 5.92 Å². The van der Waals surface area contributed by atoms with Gasteiger partial charge in [0.05, 0.1) is 19.3 Å². The van der Waals surface area contributed by atoms with Gasteiger partial charge in [-0.05, 0) is 19.8 Å². The molecule has 0 aromatic carbocycles. The first kappa shape index (κ1) is 9.16. The number of hydrogen-bond acceptors (Lipinski definition) is 3. The topological polar surface area (TPSA) is 29.5 Å². The minimum Gasteiger partial charge on any atom is -0.376 e. The number of ketones is 1. The standard InChI is InChI=1S/C10H17NO2/c1-8-6-11(4-5-13-8)7-10(12)9-2-3-9/h8-9H,2-7H2,1H3. The molecule has 1 atom stereocenters. The van der Waals surface area contributed by atoms with E-state index in [0.29, 0.717) is 24.3 Å². The summed E-state index contributed by atoms with van der Waals surface area (Å²) in [6.07, 6.45) is 2.54. The fraction of sp³-hybridized carbons (Fsp3) is 0.900. The van der Waals surface area contributed by atoms with E-state index >= 15 is 0 Å². The molecule has 13 heavy (non-hydrogen) atoms. The molecule has 0 radical (unpaired) electrons. The summed E-state index contributed by atoms with van der Waals surface area (Å²) in [6.45, 7) is 5.33. The summed E-state index contributed by atoms with van der Waals surface area (Å²) in [6, 6.07) is 0. The molecule has 1 saturated carbocycles. The molecule has 1 aliphatic carbocycles. The van der Waals surface area contributed by atoms with E-state index in [9.17, 15) is 4.79 Å². The first-order chi connectivity index (χ1) is 6.25. The number of Topliss-reactive ketones (excluding diaryl/α,β-unsaturated/α-hetero) is 1. The fourth-order valence-corrected chi connectivity index (χ4v) is 1.79. The van der Waals surface area contributed by atoms with Gasteiger partial charge < -0.3 is 4.74 Å². The van der Waals surface area contributed by atoms with Crippen molar-refractivity contribution in [2.75, 3.05) is 26.2 Å². The van der Waals surface area contributed by atoms with E-state index < -0.39 is 0 Å². The van der Waals surface area contributed by atoms with Gasteiger partial charge >= 0.3 is 0 Å². The van der Waals surface area contributed by atoms with Crippen LogP contribution in [0, 0.1) is 5.92 Å². The predicted octanol–water partition coefficient (Wildman–Crippen LogP) is 0.686. The lowest BCUT2D eigenvalue weighted by molar-refractivity contribution is -0.123. The van der Waals surface area contributed by atoms with Crippen LogP contribution in [-0.4, -0.2) is 43.0 Å². The Morgan fingerprint density at radius 2 is 2.31 bits per heavy atom. The lowest BCUT2D eigenvalue weighted by atomic mass is 10.2. The summed E-state index contributed by atoms with van der Waals surface area (Å²) >= 11 is 0. The van der Waals surface area contributed by atoms with Crippen LogP contribution in [0.4, 0.5) is 0 Å². The highest BCUT2D eigenvalue weighted by molar-refractivity contribution is 5.84. The van der Waals surface area contributed by atoms with Gasteiger partial charge in [-0.25, -0.2) is 0 Å².